The normalized spacial score (nSPS) is 11.7. The maximum absolute atomic E-state index is 12.4. The van der Waals surface area contributed by atoms with Crippen LogP contribution < -0.4 is 5.32 Å². The van der Waals surface area contributed by atoms with Gasteiger partial charge in [0.1, 0.15) is 5.15 Å². The van der Waals surface area contributed by atoms with Crippen LogP contribution in [-0.2, 0) is 0 Å². The molecule has 0 unspecified atom stereocenters. The van der Waals surface area contributed by atoms with Crippen LogP contribution in [0.4, 0.5) is 5.69 Å². The molecule has 1 amide bonds. The Morgan fingerprint density at radius 3 is 2.30 bits per heavy atom. The van der Waals surface area contributed by atoms with Gasteiger partial charge in [0.15, 0.2) is 0 Å². The zero-order chi connectivity index (χ0) is 19.2. The molecule has 1 aromatic heterocycles. The number of amides is 1. The second-order valence-corrected chi connectivity index (χ2v) is 6.90. The van der Waals surface area contributed by atoms with Crippen LogP contribution in [0.5, 0.6) is 0 Å². The van der Waals surface area contributed by atoms with Gasteiger partial charge in [0.2, 0.25) is 0 Å². The Hall–Kier alpha value is -2.62. The zero-order valence-corrected chi connectivity index (χ0v) is 16.3. The molecule has 0 saturated carbocycles. The smallest absolute Gasteiger partial charge is 0.258 e. The Labute approximate surface area is 168 Å². The van der Waals surface area contributed by atoms with Crippen molar-refractivity contribution in [2.75, 3.05) is 5.32 Å². The fourth-order valence-corrected chi connectivity index (χ4v) is 2.65. The number of allylic oxidation sites excluding steroid dienone is 2. The van der Waals surface area contributed by atoms with Crippen molar-refractivity contribution in [3.8, 4) is 11.1 Å². The van der Waals surface area contributed by atoms with E-state index >= 15 is 0 Å². The molecular weight excluding hydrogens is 379 g/mol. The van der Waals surface area contributed by atoms with E-state index in [1.165, 1.54) is 6.42 Å². The summed E-state index contributed by atoms with van der Waals surface area (Å²) in [5.74, 6) is -0.301. The number of rotatable bonds is 3. The summed E-state index contributed by atoms with van der Waals surface area (Å²) in [6.45, 7) is 2.14. The Morgan fingerprint density at radius 1 is 1.00 bits per heavy atom. The van der Waals surface area contributed by atoms with Crippen LogP contribution in [0.25, 0.3) is 11.1 Å². The van der Waals surface area contributed by atoms with Crippen LogP contribution in [-0.4, -0.2) is 10.9 Å². The van der Waals surface area contributed by atoms with Gasteiger partial charge in [-0.3, -0.25) is 4.79 Å². The summed E-state index contributed by atoms with van der Waals surface area (Å²) in [6, 6.07) is 18.3. The van der Waals surface area contributed by atoms with E-state index in [1.54, 1.807) is 23.9 Å². The number of halogens is 2. The van der Waals surface area contributed by atoms with Gasteiger partial charge in [-0.25, -0.2) is 4.98 Å². The Kier molecular flexibility index (Phi) is 6.28. The van der Waals surface area contributed by atoms with Gasteiger partial charge in [-0.2, -0.15) is 0 Å². The number of anilines is 1. The molecule has 0 fully saturated rings. The highest BCUT2D eigenvalue weighted by atomic mass is 35.5. The van der Waals surface area contributed by atoms with E-state index in [0.29, 0.717) is 16.3 Å². The lowest BCUT2D eigenvalue weighted by Crippen LogP contribution is -2.13. The van der Waals surface area contributed by atoms with E-state index in [9.17, 15) is 4.79 Å². The summed E-state index contributed by atoms with van der Waals surface area (Å²) in [7, 11) is 0. The molecule has 136 valence electrons. The summed E-state index contributed by atoms with van der Waals surface area (Å²) < 4.78 is 0. The highest BCUT2D eigenvalue weighted by Gasteiger charge is 2.13. The SMILES string of the molecule is CC1=CC1.O=C(Nc1ccccc1-c1ccc(Cl)cc1)c1cccnc1Cl. The van der Waals surface area contributed by atoms with Crippen molar-refractivity contribution in [3.63, 3.8) is 0 Å². The predicted molar refractivity (Wildman–Crippen MR) is 112 cm³/mol. The Morgan fingerprint density at radius 2 is 1.67 bits per heavy atom. The first-order valence-corrected chi connectivity index (χ1v) is 9.22. The first kappa shape index (κ1) is 19.2. The third kappa shape index (κ3) is 5.43. The lowest BCUT2D eigenvalue weighted by molar-refractivity contribution is 0.102. The van der Waals surface area contributed by atoms with Gasteiger partial charge in [-0.05, 0) is 49.2 Å². The average Bonchev–Trinajstić information content (AvgIpc) is 3.46. The first-order valence-electron chi connectivity index (χ1n) is 8.47. The van der Waals surface area contributed by atoms with Crippen molar-refractivity contribution in [2.45, 2.75) is 13.3 Å². The van der Waals surface area contributed by atoms with Crippen molar-refractivity contribution in [2.24, 2.45) is 0 Å². The van der Waals surface area contributed by atoms with Crippen molar-refractivity contribution >= 4 is 34.8 Å². The van der Waals surface area contributed by atoms with Crippen LogP contribution in [0.2, 0.25) is 10.2 Å². The number of aromatic nitrogens is 1. The van der Waals surface area contributed by atoms with Gasteiger partial charge in [0.05, 0.1) is 5.56 Å². The van der Waals surface area contributed by atoms with Crippen molar-refractivity contribution < 1.29 is 4.79 Å². The minimum Gasteiger partial charge on any atom is -0.321 e. The fourth-order valence-electron chi connectivity index (χ4n) is 2.32. The number of pyridine rings is 1. The van der Waals surface area contributed by atoms with Gasteiger partial charge >= 0.3 is 0 Å². The van der Waals surface area contributed by atoms with E-state index in [1.807, 2.05) is 48.5 Å². The molecule has 3 aromatic rings. The van der Waals surface area contributed by atoms with Crippen LogP contribution in [0.1, 0.15) is 23.7 Å². The molecule has 3 nitrogen and oxygen atoms in total. The van der Waals surface area contributed by atoms with Gasteiger partial charge in [0, 0.05) is 22.5 Å². The number of nitrogens with zero attached hydrogens (tertiary/aromatic N) is 1. The zero-order valence-electron chi connectivity index (χ0n) is 14.7. The van der Waals surface area contributed by atoms with Crippen LogP contribution in [0.3, 0.4) is 0 Å². The average molecular weight is 397 g/mol. The second kappa shape index (κ2) is 8.85. The number of carbonyl (C=O) groups excluding carboxylic acids is 1. The standard InChI is InChI=1S/C18H12Cl2N2O.C4H6/c19-13-9-7-12(8-10-13)14-4-1-2-6-16(14)22-18(23)15-5-3-11-21-17(15)20;1-4-2-3-4/h1-11H,(H,22,23);2H,3H2,1H3. The third-order valence-electron chi connectivity index (χ3n) is 3.95. The summed E-state index contributed by atoms with van der Waals surface area (Å²) in [4.78, 5) is 16.3. The van der Waals surface area contributed by atoms with Gasteiger partial charge in [0.25, 0.3) is 5.91 Å². The van der Waals surface area contributed by atoms with Gasteiger partial charge in [-0.1, -0.05) is 65.2 Å². The molecule has 0 saturated heterocycles. The maximum atomic E-state index is 12.4. The lowest BCUT2D eigenvalue weighted by Gasteiger charge is -2.12. The largest absolute Gasteiger partial charge is 0.321 e. The van der Waals surface area contributed by atoms with Crippen LogP contribution >= 0.6 is 23.2 Å². The van der Waals surface area contributed by atoms with Crippen molar-refractivity contribution in [1.29, 1.82) is 0 Å². The predicted octanol–water partition coefficient (Wildman–Crippen LogP) is 6.64. The van der Waals surface area contributed by atoms with Gasteiger partial charge < -0.3 is 5.32 Å². The minimum absolute atomic E-state index is 0.175. The summed E-state index contributed by atoms with van der Waals surface area (Å²) in [5.41, 5.74) is 4.43. The van der Waals surface area contributed by atoms with E-state index < -0.39 is 0 Å². The summed E-state index contributed by atoms with van der Waals surface area (Å²) >= 11 is 11.9. The second-order valence-electron chi connectivity index (χ2n) is 6.10. The van der Waals surface area contributed by atoms with Gasteiger partial charge in [-0.15, -0.1) is 0 Å². The molecule has 1 aliphatic rings. The molecule has 0 spiro atoms. The van der Waals surface area contributed by atoms with Crippen molar-refractivity contribution in [1.82, 2.24) is 4.98 Å². The van der Waals surface area contributed by atoms with Crippen LogP contribution in [0, 0.1) is 0 Å². The molecule has 5 heteroatoms. The molecule has 0 bridgehead atoms. The topological polar surface area (TPSA) is 42.0 Å². The molecule has 0 aliphatic heterocycles. The molecule has 0 atom stereocenters. The summed E-state index contributed by atoms with van der Waals surface area (Å²) in [5, 5.41) is 3.72. The number of para-hydroxylation sites is 1. The first-order chi connectivity index (χ1) is 13.0. The fraction of sp³-hybridized carbons (Fsp3) is 0.0909. The van der Waals surface area contributed by atoms with E-state index in [4.69, 9.17) is 23.2 Å². The molecule has 1 aliphatic carbocycles. The molecule has 4 rings (SSSR count). The molecule has 0 radical (unpaired) electrons. The third-order valence-corrected chi connectivity index (χ3v) is 4.50. The van der Waals surface area contributed by atoms with E-state index in [0.717, 1.165) is 11.1 Å². The molecule has 1 N–H and O–H groups in total. The van der Waals surface area contributed by atoms with E-state index in [-0.39, 0.29) is 11.1 Å². The molecule has 2 aromatic carbocycles. The van der Waals surface area contributed by atoms with Crippen LogP contribution in [0.15, 0.2) is 78.5 Å². The van der Waals surface area contributed by atoms with E-state index in [2.05, 4.69) is 23.3 Å². The number of carbonyl (C=O) groups is 1. The number of nitrogens with one attached hydrogen (secondary N) is 1. The highest BCUT2D eigenvalue weighted by molar-refractivity contribution is 6.33. The summed E-state index contributed by atoms with van der Waals surface area (Å²) in [6.07, 6.45) is 5.03. The number of hydrogen-bond donors (Lipinski definition) is 1. The Bertz CT molecular complexity index is 982. The molecule has 27 heavy (non-hydrogen) atoms. The van der Waals surface area contributed by atoms with Crippen molar-refractivity contribution in [3.05, 3.63) is 94.2 Å². The number of hydrogen-bond acceptors (Lipinski definition) is 2. The lowest BCUT2D eigenvalue weighted by atomic mass is 10.0. The number of benzene rings is 2. The monoisotopic (exact) mass is 396 g/mol. The Balaban J connectivity index is 0.000000466. The molecule has 1 heterocycles. The quantitative estimate of drug-likeness (QED) is 0.397. The molecular formula is C22H18Cl2N2O. The maximum Gasteiger partial charge on any atom is 0.258 e. The highest BCUT2D eigenvalue weighted by Crippen LogP contribution is 2.29. The minimum atomic E-state index is -0.301.